The molecule has 1 saturated heterocycles. The highest BCUT2D eigenvalue weighted by Crippen LogP contribution is 2.30. The zero-order chi connectivity index (χ0) is 13.7. The SMILES string of the molecule is O=S(=O)(CC1CCCCC1)N1CCCC1CCCBr. The zero-order valence-electron chi connectivity index (χ0n) is 11.7. The van der Waals surface area contributed by atoms with Gasteiger partial charge in [0.15, 0.2) is 0 Å². The van der Waals surface area contributed by atoms with Crippen molar-refractivity contribution < 1.29 is 8.42 Å². The number of halogens is 1. The van der Waals surface area contributed by atoms with E-state index in [9.17, 15) is 8.42 Å². The van der Waals surface area contributed by atoms with Crippen LogP contribution in [0.15, 0.2) is 0 Å². The van der Waals surface area contributed by atoms with Gasteiger partial charge in [0, 0.05) is 17.9 Å². The van der Waals surface area contributed by atoms with Gasteiger partial charge < -0.3 is 0 Å². The number of sulfonamides is 1. The summed E-state index contributed by atoms with van der Waals surface area (Å²) in [6, 6.07) is 0.270. The molecule has 0 amide bonds. The molecule has 2 fully saturated rings. The fraction of sp³-hybridized carbons (Fsp3) is 1.00. The van der Waals surface area contributed by atoms with Crippen molar-refractivity contribution in [2.75, 3.05) is 17.6 Å². The first-order valence-corrected chi connectivity index (χ1v) is 10.4. The van der Waals surface area contributed by atoms with Crippen LogP contribution in [0.2, 0.25) is 0 Å². The van der Waals surface area contributed by atoms with Gasteiger partial charge in [0.25, 0.3) is 0 Å². The molecular weight excluding hydrogens is 326 g/mol. The number of nitrogens with zero attached hydrogens (tertiary/aromatic N) is 1. The third-order valence-corrected chi connectivity index (χ3v) is 7.17. The maximum absolute atomic E-state index is 12.6. The molecule has 1 aliphatic heterocycles. The Labute approximate surface area is 126 Å². The highest BCUT2D eigenvalue weighted by Gasteiger charge is 2.35. The molecule has 1 saturated carbocycles. The number of rotatable bonds is 6. The third-order valence-electron chi connectivity index (χ3n) is 4.52. The lowest BCUT2D eigenvalue weighted by Crippen LogP contribution is -2.39. The van der Waals surface area contributed by atoms with Gasteiger partial charge in [0.2, 0.25) is 10.0 Å². The van der Waals surface area contributed by atoms with Crippen LogP contribution in [0.5, 0.6) is 0 Å². The molecule has 0 N–H and O–H groups in total. The second-order valence-electron chi connectivity index (χ2n) is 6.02. The van der Waals surface area contributed by atoms with E-state index in [-0.39, 0.29) is 6.04 Å². The molecule has 2 rings (SSSR count). The smallest absolute Gasteiger partial charge is 0.212 e. The molecule has 2 aliphatic rings. The van der Waals surface area contributed by atoms with Crippen LogP contribution in [0.1, 0.15) is 57.8 Å². The molecule has 19 heavy (non-hydrogen) atoms. The minimum absolute atomic E-state index is 0.270. The van der Waals surface area contributed by atoms with E-state index in [2.05, 4.69) is 15.9 Å². The van der Waals surface area contributed by atoms with Crippen LogP contribution in [-0.4, -0.2) is 36.4 Å². The Morgan fingerprint density at radius 2 is 1.79 bits per heavy atom. The summed E-state index contributed by atoms with van der Waals surface area (Å²) in [6.45, 7) is 0.752. The van der Waals surface area contributed by atoms with Gasteiger partial charge >= 0.3 is 0 Å². The first kappa shape index (κ1) is 15.8. The topological polar surface area (TPSA) is 37.4 Å². The lowest BCUT2D eigenvalue weighted by atomic mass is 9.91. The van der Waals surface area contributed by atoms with Gasteiger partial charge in [-0.2, -0.15) is 4.31 Å². The monoisotopic (exact) mass is 351 g/mol. The average molecular weight is 352 g/mol. The quantitative estimate of drug-likeness (QED) is 0.686. The molecule has 5 heteroatoms. The maximum Gasteiger partial charge on any atom is 0.214 e. The van der Waals surface area contributed by atoms with Crippen LogP contribution in [0.4, 0.5) is 0 Å². The molecule has 1 aliphatic carbocycles. The molecule has 0 radical (unpaired) electrons. The van der Waals surface area contributed by atoms with E-state index in [0.29, 0.717) is 11.7 Å². The highest BCUT2D eigenvalue weighted by molar-refractivity contribution is 9.09. The molecular formula is C14H26BrNO2S. The van der Waals surface area contributed by atoms with Gasteiger partial charge in [0.05, 0.1) is 5.75 Å². The van der Waals surface area contributed by atoms with Gasteiger partial charge in [-0.25, -0.2) is 8.42 Å². The largest absolute Gasteiger partial charge is 0.214 e. The molecule has 0 aromatic rings. The first-order valence-electron chi connectivity index (χ1n) is 7.69. The van der Waals surface area contributed by atoms with Crippen LogP contribution < -0.4 is 0 Å². The van der Waals surface area contributed by atoms with E-state index >= 15 is 0 Å². The summed E-state index contributed by atoms with van der Waals surface area (Å²) >= 11 is 3.44. The molecule has 0 aromatic heterocycles. The third kappa shape index (κ3) is 4.43. The van der Waals surface area contributed by atoms with E-state index < -0.39 is 10.0 Å². The molecule has 0 bridgehead atoms. The van der Waals surface area contributed by atoms with E-state index in [4.69, 9.17) is 0 Å². The molecule has 0 aromatic carbocycles. The van der Waals surface area contributed by atoms with E-state index in [0.717, 1.165) is 50.4 Å². The van der Waals surface area contributed by atoms with Gasteiger partial charge in [-0.3, -0.25) is 0 Å². The van der Waals surface area contributed by atoms with Gasteiger partial charge in [0.1, 0.15) is 0 Å². The lowest BCUT2D eigenvalue weighted by molar-refractivity contribution is 0.347. The Bertz CT molecular complexity index is 366. The normalized spacial score (nSPS) is 26.9. The fourth-order valence-corrected chi connectivity index (χ4v) is 6.04. The molecule has 1 heterocycles. The Balaban J connectivity index is 1.93. The fourth-order valence-electron chi connectivity index (χ4n) is 3.52. The zero-order valence-corrected chi connectivity index (χ0v) is 14.1. The summed E-state index contributed by atoms with van der Waals surface area (Å²) in [7, 11) is -3.02. The van der Waals surface area contributed by atoms with Gasteiger partial charge in [-0.1, -0.05) is 35.2 Å². The molecule has 112 valence electrons. The Hall–Kier alpha value is 0.390. The minimum Gasteiger partial charge on any atom is -0.212 e. The maximum atomic E-state index is 12.6. The predicted octanol–water partition coefficient (Wildman–Crippen LogP) is 3.54. The lowest BCUT2D eigenvalue weighted by Gasteiger charge is -2.28. The van der Waals surface area contributed by atoms with Crippen molar-refractivity contribution >= 4 is 26.0 Å². The summed E-state index contributed by atoms with van der Waals surface area (Å²) in [5, 5.41) is 0.972. The molecule has 1 unspecified atom stereocenters. The molecule has 0 spiro atoms. The van der Waals surface area contributed by atoms with Crippen molar-refractivity contribution in [2.24, 2.45) is 5.92 Å². The van der Waals surface area contributed by atoms with E-state index in [1.807, 2.05) is 4.31 Å². The van der Waals surface area contributed by atoms with Crippen molar-refractivity contribution in [1.29, 1.82) is 0 Å². The second-order valence-corrected chi connectivity index (χ2v) is 8.78. The Kier molecular flexibility index (Phi) is 6.15. The number of hydrogen-bond acceptors (Lipinski definition) is 2. The standard InChI is InChI=1S/C14H26BrNO2S/c15-10-4-8-14-9-5-11-16(14)19(17,18)12-13-6-2-1-3-7-13/h13-14H,1-12H2. The highest BCUT2D eigenvalue weighted by atomic mass is 79.9. The van der Waals surface area contributed by atoms with Crippen molar-refractivity contribution in [3.63, 3.8) is 0 Å². The summed E-state index contributed by atoms with van der Waals surface area (Å²) in [6.07, 6.45) is 10.1. The Morgan fingerprint density at radius 3 is 2.47 bits per heavy atom. The van der Waals surface area contributed by atoms with Crippen LogP contribution in [0.3, 0.4) is 0 Å². The predicted molar refractivity (Wildman–Crippen MR) is 83.1 cm³/mol. The average Bonchev–Trinajstić information content (AvgIpc) is 2.86. The molecule has 1 atom stereocenters. The summed E-state index contributed by atoms with van der Waals surface area (Å²) < 4.78 is 27.0. The minimum atomic E-state index is -3.02. The number of hydrogen-bond donors (Lipinski definition) is 0. The summed E-state index contributed by atoms with van der Waals surface area (Å²) in [5.74, 6) is 0.814. The summed E-state index contributed by atoms with van der Waals surface area (Å²) in [4.78, 5) is 0. The van der Waals surface area contributed by atoms with E-state index in [1.54, 1.807) is 0 Å². The Morgan fingerprint density at radius 1 is 1.05 bits per heavy atom. The van der Waals surface area contributed by atoms with Crippen LogP contribution in [-0.2, 0) is 10.0 Å². The van der Waals surface area contributed by atoms with Crippen molar-refractivity contribution in [3.05, 3.63) is 0 Å². The number of alkyl halides is 1. The van der Waals surface area contributed by atoms with Crippen molar-refractivity contribution in [1.82, 2.24) is 4.31 Å². The van der Waals surface area contributed by atoms with Crippen molar-refractivity contribution in [3.8, 4) is 0 Å². The first-order chi connectivity index (χ1) is 9.13. The van der Waals surface area contributed by atoms with Crippen LogP contribution in [0.25, 0.3) is 0 Å². The van der Waals surface area contributed by atoms with Crippen LogP contribution in [0, 0.1) is 5.92 Å². The van der Waals surface area contributed by atoms with E-state index in [1.165, 1.54) is 19.3 Å². The second kappa shape index (κ2) is 7.41. The van der Waals surface area contributed by atoms with Crippen molar-refractivity contribution in [2.45, 2.75) is 63.8 Å². The van der Waals surface area contributed by atoms with Gasteiger partial charge in [-0.15, -0.1) is 0 Å². The van der Waals surface area contributed by atoms with Gasteiger partial charge in [-0.05, 0) is 44.4 Å². The molecule has 3 nitrogen and oxygen atoms in total. The van der Waals surface area contributed by atoms with Crippen LogP contribution >= 0.6 is 15.9 Å². The summed E-state index contributed by atoms with van der Waals surface area (Å²) in [5.41, 5.74) is 0.